The van der Waals surface area contributed by atoms with Gasteiger partial charge in [-0.25, -0.2) is 0 Å². The number of hydrogen-bond acceptors (Lipinski definition) is 5. The molecule has 0 aliphatic rings. The lowest BCUT2D eigenvalue weighted by molar-refractivity contribution is -0.139. The summed E-state index contributed by atoms with van der Waals surface area (Å²) in [7, 11) is 2.84. The number of nitrogens with one attached hydrogen (secondary N) is 2. The first-order valence-corrected chi connectivity index (χ1v) is 5.51. The summed E-state index contributed by atoms with van der Waals surface area (Å²) in [4.78, 5) is 23.0. The van der Waals surface area contributed by atoms with E-state index in [-0.39, 0.29) is 18.0 Å². The van der Waals surface area contributed by atoms with Gasteiger partial charge in [0.15, 0.2) is 6.29 Å². The Morgan fingerprint density at radius 3 is 2.42 bits per heavy atom. The van der Waals surface area contributed by atoms with Crippen LogP contribution in [0.1, 0.15) is 0 Å². The molecule has 2 amide bonds. The Hall–Kier alpha value is -2.12. The Balaban J connectivity index is 2.50. The Morgan fingerprint density at radius 1 is 1.21 bits per heavy atom. The van der Waals surface area contributed by atoms with Crippen molar-refractivity contribution < 1.29 is 24.2 Å². The number of amides is 2. The maximum absolute atomic E-state index is 11.5. The van der Waals surface area contributed by atoms with E-state index in [0.717, 1.165) is 0 Å². The molecule has 0 atom stereocenters. The molecule has 3 N–H and O–H groups in total. The van der Waals surface area contributed by atoms with E-state index in [1.165, 1.54) is 26.4 Å². The quantitative estimate of drug-likeness (QED) is 0.399. The Labute approximate surface area is 110 Å². The minimum absolute atomic E-state index is 0.0417. The number of hydrogen-bond donors (Lipinski definition) is 3. The molecular weight excluding hydrogens is 252 g/mol. The van der Waals surface area contributed by atoms with Crippen molar-refractivity contribution in [2.75, 3.05) is 26.1 Å². The van der Waals surface area contributed by atoms with E-state index in [0.29, 0.717) is 0 Å². The number of anilines is 1. The van der Waals surface area contributed by atoms with Gasteiger partial charge in [-0.15, -0.1) is 0 Å². The van der Waals surface area contributed by atoms with E-state index in [2.05, 4.69) is 10.6 Å². The van der Waals surface area contributed by atoms with Gasteiger partial charge >= 0.3 is 11.8 Å². The van der Waals surface area contributed by atoms with Crippen molar-refractivity contribution in [2.45, 2.75) is 6.29 Å². The molecule has 0 bridgehead atoms. The fourth-order valence-corrected chi connectivity index (χ4v) is 1.28. The fourth-order valence-electron chi connectivity index (χ4n) is 1.28. The molecule has 0 fully saturated rings. The predicted molar refractivity (Wildman–Crippen MR) is 67.6 cm³/mol. The second kappa shape index (κ2) is 7.34. The number of carbonyl (C=O) groups excluding carboxylic acids is 2. The van der Waals surface area contributed by atoms with Gasteiger partial charge in [-0.1, -0.05) is 12.1 Å². The minimum Gasteiger partial charge on any atom is -0.506 e. The van der Waals surface area contributed by atoms with Crippen LogP contribution in [0.3, 0.4) is 0 Å². The maximum Gasteiger partial charge on any atom is 0.313 e. The van der Waals surface area contributed by atoms with E-state index in [1.54, 1.807) is 12.1 Å². The minimum atomic E-state index is -0.882. The molecule has 1 rings (SSSR count). The third-order valence-electron chi connectivity index (χ3n) is 2.31. The van der Waals surface area contributed by atoms with Crippen molar-refractivity contribution in [2.24, 2.45) is 0 Å². The Kier molecular flexibility index (Phi) is 5.77. The third kappa shape index (κ3) is 4.57. The zero-order chi connectivity index (χ0) is 14.3. The molecule has 0 saturated carbocycles. The summed E-state index contributed by atoms with van der Waals surface area (Å²) < 4.78 is 9.72. The highest BCUT2D eigenvalue weighted by Gasteiger charge is 2.16. The first-order valence-electron chi connectivity index (χ1n) is 5.51. The molecule has 0 spiro atoms. The summed E-state index contributed by atoms with van der Waals surface area (Å²) in [5.74, 6) is -1.84. The average Bonchev–Trinajstić information content (AvgIpc) is 2.42. The Morgan fingerprint density at radius 2 is 1.84 bits per heavy atom. The van der Waals surface area contributed by atoms with Crippen molar-refractivity contribution in [3.05, 3.63) is 24.3 Å². The van der Waals surface area contributed by atoms with Crippen LogP contribution in [0, 0.1) is 0 Å². The van der Waals surface area contributed by atoms with Crippen LogP contribution in [0.5, 0.6) is 5.75 Å². The number of benzene rings is 1. The topological polar surface area (TPSA) is 96.9 Å². The van der Waals surface area contributed by atoms with Crippen LogP contribution in [0.2, 0.25) is 0 Å². The van der Waals surface area contributed by atoms with Crippen molar-refractivity contribution in [3.63, 3.8) is 0 Å². The molecule has 0 unspecified atom stereocenters. The number of para-hydroxylation sites is 2. The van der Waals surface area contributed by atoms with E-state index in [9.17, 15) is 14.7 Å². The van der Waals surface area contributed by atoms with Gasteiger partial charge in [-0.2, -0.15) is 0 Å². The molecule has 0 radical (unpaired) electrons. The number of aromatic hydroxyl groups is 1. The van der Waals surface area contributed by atoms with Crippen molar-refractivity contribution in [1.29, 1.82) is 0 Å². The highest BCUT2D eigenvalue weighted by Crippen LogP contribution is 2.21. The highest BCUT2D eigenvalue weighted by molar-refractivity contribution is 6.39. The molecule has 104 valence electrons. The van der Waals surface area contributed by atoms with Gasteiger partial charge in [-0.05, 0) is 12.1 Å². The zero-order valence-electron chi connectivity index (χ0n) is 10.7. The smallest absolute Gasteiger partial charge is 0.313 e. The monoisotopic (exact) mass is 268 g/mol. The number of phenolic OH excluding ortho intramolecular Hbond substituents is 1. The molecule has 7 heteroatoms. The summed E-state index contributed by atoms with van der Waals surface area (Å²) in [5, 5.41) is 14.1. The molecule has 0 aromatic heterocycles. The van der Waals surface area contributed by atoms with Gasteiger partial charge in [0.1, 0.15) is 5.75 Å². The summed E-state index contributed by atoms with van der Waals surface area (Å²) in [5.41, 5.74) is 0.165. The molecule has 7 nitrogen and oxygen atoms in total. The van der Waals surface area contributed by atoms with Crippen LogP contribution in [-0.2, 0) is 19.1 Å². The number of ether oxygens (including phenoxy) is 2. The normalized spacial score (nSPS) is 10.3. The molecular formula is C12H16N2O5. The third-order valence-corrected chi connectivity index (χ3v) is 2.31. The van der Waals surface area contributed by atoms with Crippen LogP contribution in [0.4, 0.5) is 5.69 Å². The largest absolute Gasteiger partial charge is 0.506 e. The van der Waals surface area contributed by atoms with Crippen LogP contribution in [0.25, 0.3) is 0 Å². The predicted octanol–water partition coefficient (Wildman–Crippen LogP) is 0.0658. The number of carbonyl (C=O) groups is 2. The zero-order valence-corrected chi connectivity index (χ0v) is 10.7. The van der Waals surface area contributed by atoms with Gasteiger partial charge in [0.05, 0.1) is 12.2 Å². The number of methoxy groups -OCH3 is 2. The highest BCUT2D eigenvalue weighted by atomic mass is 16.7. The van der Waals surface area contributed by atoms with Crippen LogP contribution < -0.4 is 10.6 Å². The van der Waals surface area contributed by atoms with Crippen molar-refractivity contribution >= 4 is 17.5 Å². The molecule has 0 aliphatic carbocycles. The molecule has 19 heavy (non-hydrogen) atoms. The summed E-state index contributed by atoms with van der Waals surface area (Å²) in [6.45, 7) is 0.0417. The van der Waals surface area contributed by atoms with Gasteiger partial charge < -0.3 is 25.2 Å². The molecule has 0 aliphatic heterocycles. The maximum atomic E-state index is 11.5. The summed E-state index contributed by atoms with van der Waals surface area (Å²) in [6.07, 6.45) is -0.623. The summed E-state index contributed by atoms with van der Waals surface area (Å²) >= 11 is 0. The van der Waals surface area contributed by atoms with E-state index < -0.39 is 18.1 Å². The number of rotatable bonds is 5. The standard InChI is InChI=1S/C12H16N2O5/c1-18-10(19-2)7-13-11(16)12(17)14-8-5-3-4-6-9(8)15/h3-6,10,15H,7H2,1-2H3,(H,13,16)(H,14,17). The van der Waals surface area contributed by atoms with E-state index >= 15 is 0 Å². The van der Waals surface area contributed by atoms with Gasteiger partial charge in [0.25, 0.3) is 0 Å². The Bertz CT molecular complexity index is 446. The lowest BCUT2D eigenvalue weighted by Gasteiger charge is -2.13. The van der Waals surface area contributed by atoms with Gasteiger partial charge in [0, 0.05) is 14.2 Å². The number of phenols is 1. The van der Waals surface area contributed by atoms with E-state index in [4.69, 9.17) is 9.47 Å². The first kappa shape index (κ1) is 14.9. The fraction of sp³-hybridized carbons (Fsp3) is 0.333. The van der Waals surface area contributed by atoms with Gasteiger partial charge in [-0.3, -0.25) is 9.59 Å². The molecule has 1 aromatic rings. The lowest BCUT2D eigenvalue weighted by Crippen LogP contribution is -2.40. The second-order valence-electron chi connectivity index (χ2n) is 3.58. The SMILES string of the molecule is COC(CNC(=O)C(=O)Nc1ccccc1O)OC. The molecule has 0 saturated heterocycles. The van der Waals surface area contributed by atoms with Gasteiger partial charge in [0.2, 0.25) is 0 Å². The van der Waals surface area contributed by atoms with Crippen LogP contribution >= 0.6 is 0 Å². The van der Waals surface area contributed by atoms with Crippen molar-refractivity contribution in [1.82, 2.24) is 5.32 Å². The first-order chi connectivity index (χ1) is 9.08. The van der Waals surface area contributed by atoms with Crippen molar-refractivity contribution in [3.8, 4) is 5.75 Å². The van der Waals surface area contributed by atoms with E-state index in [1.807, 2.05) is 0 Å². The summed E-state index contributed by atoms with van der Waals surface area (Å²) in [6, 6.07) is 6.11. The second-order valence-corrected chi connectivity index (χ2v) is 3.58. The molecule has 0 heterocycles. The van der Waals surface area contributed by atoms with Crippen LogP contribution in [0.15, 0.2) is 24.3 Å². The molecule has 1 aromatic carbocycles. The lowest BCUT2D eigenvalue weighted by atomic mass is 10.3. The van der Waals surface area contributed by atoms with Crippen LogP contribution in [-0.4, -0.2) is 44.0 Å². The average molecular weight is 268 g/mol.